The predicted octanol–water partition coefficient (Wildman–Crippen LogP) is 3.27. The molecule has 1 N–H and O–H groups in total. The summed E-state index contributed by atoms with van der Waals surface area (Å²) in [4.78, 5) is 0. The summed E-state index contributed by atoms with van der Waals surface area (Å²) in [6, 6.07) is 4.98. The van der Waals surface area contributed by atoms with E-state index in [1.807, 2.05) is 13.8 Å². The Kier molecular flexibility index (Phi) is 4.61. The SMILES string of the molecule is CCCS(=O)C(C)c1ccc(O)c(Cl)c1. The molecule has 1 rings (SSSR count). The first kappa shape index (κ1) is 12.5. The van der Waals surface area contributed by atoms with Gasteiger partial charge in [-0.1, -0.05) is 24.6 Å². The molecule has 0 aliphatic rings. The number of halogens is 1. The second kappa shape index (κ2) is 5.52. The fourth-order valence-electron chi connectivity index (χ4n) is 1.31. The molecule has 2 nitrogen and oxygen atoms in total. The zero-order valence-electron chi connectivity index (χ0n) is 8.87. The van der Waals surface area contributed by atoms with Gasteiger partial charge in [0, 0.05) is 16.6 Å². The molecule has 15 heavy (non-hydrogen) atoms. The summed E-state index contributed by atoms with van der Waals surface area (Å²) in [5.41, 5.74) is 0.907. The summed E-state index contributed by atoms with van der Waals surface area (Å²) in [6.07, 6.45) is 0.906. The third-order valence-corrected chi connectivity index (χ3v) is 4.41. The van der Waals surface area contributed by atoms with Gasteiger partial charge >= 0.3 is 0 Å². The van der Waals surface area contributed by atoms with Gasteiger partial charge in [0.25, 0.3) is 0 Å². The zero-order valence-corrected chi connectivity index (χ0v) is 10.4. The molecule has 0 radical (unpaired) electrons. The minimum atomic E-state index is -0.871. The molecule has 1 aromatic carbocycles. The van der Waals surface area contributed by atoms with E-state index < -0.39 is 10.8 Å². The van der Waals surface area contributed by atoms with Gasteiger partial charge in [-0.25, -0.2) is 0 Å². The quantitative estimate of drug-likeness (QED) is 0.886. The van der Waals surface area contributed by atoms with E-state index in [-0.39, 0.29) is 11.0 Å². The summed E-state index contributed by atoms with van der Waals surface area (Å²) in [5, 5.41) is 9.53. The Bertz CT molecular complexity index is 366. The van der Waals surface area contributed by atoms with Crippen LogP contribution in [0.1, 0.15) is 31.1 Å². The topological polar surface area (TPSA) is 37.3 Å². The van der Waals surface area contributed by atoms with E-state index in [9.17, 15) is 9.32 Å². The van der Waals surface area contributed by atoms with Gasteiger partial charge in [0.15, 0.2) is 0 Å². The number of hydrogen-bond donors (Lipinski definition) is 1. The summed E-state index contributed by atoms with van der Waals surface area (Å²) in [5.74, 6) is 0.758. The third-order valence-electron chi connectivity index (χ3n) is 2.24. The summed E-state index contributed by atoms with van der Waals surface area (Å²) in [7, 11) is -0.871. The van der Waals surface area contributed by atoms with Gasteiger partial charge in [-0.15, -0.1) is 0 Å². The molecular weight excluding hydrogens is 232 g/mol. The van der Waals surface area contributed by atoms with Crippen molar-refractivity contribution in [1.29, 1.82) is 0 Å². The highest BCUT2D eigenvalue weighted by Crippen LogP contribution is 2.28. The van der Waals surface area contributed by atoms with E-state index in [0.717, 1.165) is 12.0 Å². The van der Waals surface area contributed by atoms with Gasteiger partial charge in [0.2, 0.25) is 0 Å². The lowest BCUT2D eigenvalue weighted by molar-refractivity contribution is 0.475. The molecule has 2 unspecified atom stereocenters. The number of hydrogen-bond acceptors (Lipinski definition) is 2. The molecule has 0 saturated carbocycles. The van der Waals surface area contributed by atoms with Crippen LogP contribution in [0.15, 0.2) is 18.2 Å². The minimum absolute atomic E-state index is 0.0388. The van der Waals surface area contributed by atoms with Crippen LogP contribution in [0.2, 0.25) is 5.02 Å². The van der Waals surface area contributed by atoms with Crippen LogP contribution in [0.25, 0.3) is 0 Å². The number of benzene rings is 1. The van der Waals surface area contributed by atoms with Crippen molar-refractivity contribution in [3.05, 3.63) is 28.8 Å². The maximum Gasteiger partial charge on any atom is 0.134 e. The number of aromatic hydroxyl groups is 1. The van der Waals surface area contributed by atoms with Crippen LogP contribution >= 0.6 is 11.6 Å². The third kappa shape index (κ3) is 3.21. The molecule has 0 aliphatic heterocycles. The van der Waals surface area contributed by atoms with Crippen molar-refractivity contribution in [3.8, 4) is 5.75 Å². The van der Waals surface area contributed by atoms with Crippen molar-refractivity contribution in [2.75, 3.05) is 5.75 Å². The Balaban J connectivity index is 2.86. The van der Waals surface area contributed by atoms with Gasteiger partial charge < -0.3 is 5.11 Å². The first-order chi connectivity index (χ1) is 7.06. The van der Waals surface area contributed by atoms with Crippen molar-refractivity contribution in [2.45, 2.75) is 25.5 Å². The standard InChI is InChI=1S/C11H15ClO2S/c1-3-6-15(14)8(2)9-4-5-11(13)10(12)7-9/h4-5,7-8,13H,3,6H2,1-2H3. The van der Waals surface area contributed by atoms with Gasteiger partial charge in [-0.2, -0.15) is 0 Å². The Morgan fingerprint density at radius 1 is 1.53 bits per heavy atom. The van der Waals surface area contributed by atoms with Gasteiger partial charge in [-0.05, 0) is 31.0 Å². The maximum atomic E-state index is 11.7. The van der Waals surface area contributed by atoms with Crippen LogP contribution in [-0.2, 0) is 10.8 Å². The fourth-order valence-corrected chi connectivity index (χ4v) is 2.70. The first-order valence-corrected chi connectivity index (χ1v) is 6.67. The van der Waals surface area contributed by atoms with Crippen LogP contribution in [0, 0.1) is 0 Å². The van der Waals surface area contributed by atoms with E-state index in [1.54, 1.807) is 12.1 Å². The molecule has 1 aromatic rings. The monoisotopic (exact) mass is 246 g/mol. The minimum Gasteiger partial charge on any atom is -0.506 e. The Hall–Kier alpha value is -0.540. The summed E-state index contributed by atoms with van der Waals surface area (Å²) in [6.45, 7) is 3.92. The lowest BCUT2D eigenvalue weighted by Gasteiger charge is -2.11. The largest absolute Gasteiger partial charge is 0.506 e. The Morgan fingerprint density at radius 3 is 2.73 bits per heavy atom. The van der Waals surface area contributed by atoms with E-state index >= 15 is 0 Å². The van der Waals surface area contributed by atoms with E-state index in [2.05, 4.69) is 0 Å². The second-order valence-corrected chi connectivity index (χ2v) is 5.72. The van der Waals surface area contributed by atoms with Crippen LogP contribution in [0.5, 0.6) is 5.75 Å². The lowest BCUT2D eigenvalue weighted by atomic mass is 10.1. The highest BCUT2D eigenvalue weighted by atomic mass is 35.5. The van der Waals surface area contributed by atoms with Crippen molar-refractivity contribution in [1.82, 2.24) is 0 Å². The number of phenols is 1. The molecule has 4 heteroatoms. The van der Waals surface area contributed by atoms with E-state index in [1.165, 1.54) is 6.07 Å². The highest BCUT2D eigenvalue weighted by Gasteiger charge is 2.13. The Labute approximate surface area is 97.7 Å². The van der Waals surface area contributed by atoms with Crippen LogP contribution in [-0.4, -0.2) is 15.1 Å². The molecule has 0 bridgehead atoms. The van der Waals surface area contributed by atoms with Crippen LogP contribution < -0.4 is 0 Å². The van der Waals surface area contributed by atoms with E-state index in [0.29, 0.717) is 10.8 Å². The molecule has 0 amide bonds. The fraction of sp³-hybridized carbons (Fsp3) is 0.455. The average Bonchev–Trinajstić information content (AvgIpc) is 2.21. The Morgan fingerprint density at radius 2 is 2.20 bits per heavy atom. The molecule has 0 heterocycles. The summed E-state index contributed by atoms with van der Waals surface area (Å²) < 4.78 is 11.7. The smallest absolute Gasteiger partial charge is 0.134 e. The van der Waals surface area contributed by atoms with Gasteiger partial charge in [0.05, 0.1) is 10.3 Å². The van der Waals surface area contributed by atoms with Crippen molar-refractivity contribution >= 4 is 22.4 Å². The second-order valence-electron chi connectivity index (χ2n) is 3.44. The molecule has 0 aromatic heterocycles. The average molecular weight is 247 g/mol. The highest BCUT2D eigenvalue weighted by molar-refractivity contribution is 7.85. The molecule has 2 atom stereocenters. The normalized spacial score (nSPS) is 14.9. The molecule has 0 spiro atoms. The molecule has 0 fully saturated rings. The maximum absolute atomic E-state index is 11.7. The predicted molar refractivity (Wildman–Crippen MR) is 64.8 cm³/mol. The van der Waals surface area contributed by atoms with Gasteiger partial charge in [-0.3, -0.25) is 4.21 Å². The van der Waals surface area contributed by atoms with Crippen molar-refractivity contribution < 1.29 is 9.32 Å². The lowest BCUT2D eigenvalue weighted by Crippen LogP contribution is -2.05. The van der Waals surface area contributed by atoms with Crippen molar-refractivity contribution in [2.24, 2.45) is 0 Å². The van der Waals surface area contributed by atoms with Crippen LogP contribution in [0.3, 0.4) is 0 Å². The molecule has 0 saturated heterocycles. The van der Waals surface area contributed by atoms with Crippen LogP contribution in [0.4, 0.5) is 0 Å². The van der Waals surface area contributed by atoms with Crippen molar-refractivity contribution in [3.63, 3.8) is 0 Å². The zero-order chi connectivity index (χ0) is 11.4. The van der Waals surface area contributed by atoms with E-state index in [4.69, 9.17) is 11.6 Å². The molecule has 0 aliphatic carbocycles. The summed E-state index contributed by atoms with van der Waals surface area (Å²) >= 11 is 5.79. The number of phenolic OH excluding ortho intramolecular Hbond substituents is 1. The van der Waals surface area contributed by atoms with Gasteiger partial charge in [0.1, 0.15) is 5.75 Å². The molecular formula is C11H15ClO2S. The molecule has 84 valence electrons. The first-order valence-electron chi connectivity index (χ1n) is 4.91. The number of rotatable bonds is 4.